The van der Waals surface area contributed by atoms with Crippen molar-refractivity contribution < 1.29 is 14.3 Å². The Morgan fingerprint density at radius 1 is 1.09 bits per heavy atom. The Balaban J connectivity index is 1.32. The van der Waals surface area contributed by atoms with E-state index in [-0.39, 0.29) is 17.4 Å². The Kier molecular flexibility index (Phi) is 7.08. The number of hydrogen-bond acceptors (Lipinski definition) is 4. The van der Waals surface area contributed by atoms with Crippen LogP contribution >= 0.6 is 0 Å². The molecule has 1 spiro atoms. The van der Waals surface area contributed by atoms with Crippen LogP contribution in [0.15, 0.2) is 18.2 Å². The molecule has 0 aliphatic carbocycles. The van der Waals surface area contributed by atoms with Crippen molar-refractivity contribution in [3.8, 4) is 0 Å². The molecule has 176 valence electrons. The molecule has 2 fully saturated rings. The fourth-order valence-corrected chi connectivity index (χ4v) is 6.06. The summed E-state index contributed by atoms with van der Waals surface area (Å²) in [6.07, 6.45) is 7.29. The summed E-state index contributed by atoms with van der Waals surface area (Å²) in [5.41, 5.74) is 3.92. The minimum atomic E-state index is -0.139. The van der Waals surface area contributed by atoms with Crippen LogP contribution in [0.1, 0.15) is 69.9 Å². The monoisotopic (exact) mass is 441 g/mol. The first-order chi connectivity index (χ1) is 15.4. The van der Waals surface area contributed by atoms with Crippen molar-refractivity contribution in [2.24, 2.45) is 0 Å². The van der Waals surface area contributed by atoms with Crippen molar-refractivity contribution in [3.63, 3.8) is 0 Å². The largest absolute Gasteiger partial charge is 0.449 e. The molecule has 3 aliphatic heterocycles. The molecular formula is C26H39N3O3. The van der Waals surface area contributed by atoms with Gasteiger partial charge in [0.15, 0.2) is 0 Å². The van der Waals surface area contributed by atoms with E-state index in [0.29, 0.717) is 12.6 Å². The Labute approximate surface area is 192 Å². The number of benzene rings is 1. The number of rotatable bonds is 5. The predicted octanol–water partition coefficient (Wildman–Crippen LogP) is 4.49. The second-order valence-electron chi connectivity index (χ2n) is 9.93. The van der Waals surface area contributed by atoms with Gasteiger partial charge < -0.3 is 19.4 Å². The third-order valence-electron chi connectivity index (χ3n) is 7.88. The molecule has 0 aromatic heterocycles. The number of amides is 2. The number of carbonyl (C=O) groups excluding carboxylic acids is 2. The number of likely N-dealkylation sites (tertiary alicyclic amines) is 2. The van der Waals surface area contributed by atoms with Crippen LogP contribution in [0.3, 0.4) is 0 Å². The first kappa shape index (κ1) is 23.1. The zero-order valence-electron chi connectivity index (χ0n) is 20.1. The predicted molar refractivity (Wildman–Crippen MR) is 127 cm³/mol. The normalized spacial score (nSPS) is 21.1. The lowest BCUT2D eigenvalue weighted by Crippen LogP contribution is -2.52. The highest BCUT2D eigenvalue weighted by Crippen LogP contribution is 2.48. The molecule has 0 saturated carbocycles. The third kappa shape index (κ3) is 4.52. The van der Waals surface area contributed by atoms with Crippen molar-refractivity contribution in [1.82, 2.24) is 9.80 Å². The van der Waals surface area contributed by atoms with Crippen LogP contribution in [0.5, 0.6) is 0 Å². The third-order valence-corrected chi connectivity index (χ3v) is 7.88. The van der Waals surface area contributed by atoms with Gasteiger partial charge in [0.25, 0.3) is 0 Å². The number of piperidine rings is 2. The molecule has 0 radical (unpaired) electrons. The van der Waals surface area contributed by atoms with E-state index < -0.39 is 0 Å². The lowest BCUT2D eigenvalue weighted by molar-refractivity contribution is -0.116. The van der Waals surface area contributed by atoms with Crippen LogP contribution < -0.4 is 4.90 Å². The van der Waals surface area contributed by atoms with E-state index in [2.05, 4.69) is 36.9 Å². The fourth-order valence-electron chi connectivity index (χ4n) is 6.06. The molecule has 2 saturated heterocycles. The maximum Gasteiger partial charge on any atom is 0.409 e. The summed E-state index contributed by atoms with van der Waals surface area (Å²) in [5, 5.41) is 0. The summed E-state index contributed by atoms with van der Waals surface area (Å²) in [5.74, 6) is 0.144. The number of carbonyl (C=O) groups is 2. The number of anilines is 1. The van der Waals surface area contributed by atoms with Crippen molar-refractivity contribution in [1.29, 1.82) is 0 Å². The lowest BCUT2D eigenvalue weighted by atomic mass is 9.72. The number of ether oxygens (including phenoxy) is 1. The highest BCUT2D eigenvalue weighted by Gasteiger charge is 2.47. The maximum absolute atomic E-state index is 12.3. The topological polar surface area (TPSA) is 53.1 Å². The number of fused-ring (bicyclic) bond motifs is 2. The van der Waals surface area contributed by atoms with Crippen LogP contribution in [0, 0.1) is 6.92 Å². The second-order valence-corrected chi connectivity index (χ2v) is 9.93. The molecule has 1 aromatic carbocycles. The van der Waals surface area contributed by atoms with Crippen LogP contribution in [-0.4, -0.2) is 67.2 Å². The molecule has 2 amide bonds. The molecule has 0 atom stereocenters. The molecule has 32 heavy (non-hydrogen) atoms. The summed E-state index contributed by atoms with van der Waals surface area (Å²) in [7, 11) is 0. The first-order valence-corrected chi connectivity index (χ1v) is 12.5. The number of nitrogens with zero attached hydrogens (tertiary/aromatic N) is 3. The van der Waals surface area contributed by atoms with E-state index in [9.17, 15) is 9.59 Å². The van der Waals surface area contributed by atoms with Gasteiger partial charge in [0, 0.05) is 43.7 Å². The van der Waals surface area contributed by atoms with E-state index in [1.165, 1.54) is 11.1 Å². The van der Waals surface area contributed by atoms with Gasteiger partial charge in [-0.2, -0.15) is 0 Å². The molecule has 6 heteroatoms. The molecule has 3 heterocycles. The lowest BCUT2D eigenvalue weighted by Gasteiger charge is -2.45. The van der Waals surface area contributed by atoms with Gasteiger partial charge in [-0.25, -0.2) is 4.79 Å². The van der Waals surface area contributed by atoms with E-state index in [1.54, 1.807) is 6.92 Å². The number of unbranched alkanes of at least 4 members (excludes halogenated alkanes) is 2. The van der Waals surface area contributed by atoms with Gasteiger partial charge in [0.05, 0.1) is 6.61 Å². The van der Waals surface area contributed by atoms with Gasteiger partial charge in [-0.1, -0.05) is 31.9 Å². The molecule has 1 aromatic rings. The highest BCUT2D eigenvalue weighted by molar-refractivity contribution is 5.95. The molecular weight excluding hydrogens is 402 g/mol. The Morgan fingerprint density at radius 3 is 2.47 bits per heavy atom. The van der Waals surface area contributed by atoms with E-state index in [1.807, 2.05) is 9.80 Å². The summed E-state index contributed by atoms with van der Waals surface area (Å²) in [6, 6.07) is 6.91. The standard InChI is InChI=1S/C26H39N3O3/c1-4-5-6-18-32-25(31)28-14-10-22(11-15-28)27-16-12-26(13-17-27)19-29(21(3)30)23-9-7-8-20(2)24(23)26/h7-9,22H,4-6,10-19H2,1-3H3. The zero-order valence-corrected chi connectivity index (χ0v) is 20.1. The maximum atomic E-state index is 12.3. The van der Waals surface area contributed by atoms with Crippen LogP contribution in [-0.2, 0) is 14.9 Å². The molecule has 3 aliphatic rings. The number of aryl methyl sites for hydroxylation is 1. The smallest absolute Gasteiger partial charge is 0.409 e. The molecule has 6 nitrogen and oxygen atoms in total. The average Bonchev–Trinajstić information content (AvgIpc) is 3.13. The Hall–Kier alpha value is -2.08. The number of hydrogen-bond donors (Lipinski definition) is 0. The van der Waals surface area contributed by atoms with Crippen molar-refractivity contribution in [2.45, 2.75) is 77.2 Å². The van der Waals surface area contributed by atoms with Gasteiger partial charge in [-0.3, -0.25) is 4.79 Å². The summed E-state index contributed by atoms with van der Waals surface area (Å²) in [6.45, 7) is 11.1. The van der Waals surface area contributed by atoms with Gasteiger partial charge in [0.2, 0.25) is 5.91 Å². The highest BCUT2D eigenvalue weighted by atomic mass is 16.6. The van der Waals surface area contributed by atoms with Crippen molar-refractivity contribution >= 4 is 17.7 Å². The van der Waals surface area contributed by atoms with Crippen LogP contribution in [0.25, 0.3) is 0 Å². The molecule has 0 unspecified atom stereocenters. The summed E-state index contributed by atoms with van der Waals surface area (Å²) in [4.78, 5) is 31.1. The van der Waals surface area contributed by atoms with Crippen LogP contribution in [0.4, 0.5) is 10.5 Å². The average molecular weight is 442 g/mol. The zero-order chi connectivity index (χ0) is 22.7. The molecule has 4 rings (SSSR count). The first-order valence-electron chi connectivity index (χ1n) is 12.5. The SMILES string of the molecule is CCCCCOC(=O)N1CCC(N2CCC3(CC2)CN(C(C)=O)c2cccc(C)c23)CC1. The van der Waals surface area contributed by atoms with Gasteiger partial charge in [-0.15, -0.1) is 0 Å². The van der Waals surface area contributed by atoms with Gasteiger partial charge >= 0.3 is 6.09 Å². The van der Waals surface area contributed by atoms with E-state index in [0.717, 1.165) is 83.4 Å². The van der Waals surface area contributed by atoms with E-state index >= 15 is 0 Å². The van der Waals surface area contributed by atoms with E-state index in [4.69, 9.17) is 4.74 Å². The fraction of sp³-hybridized carbons (Fsp3) is 0.692. The molecule has 0 bridgehead atoms. The van der Waals surface area contributed by atoms with Gasteiger partial charge in [0.1, 0.15) is 0 Å². The Bertz CT molecular complexity index is 824. The Morgan fingerprint density at radius 2 is 1.81 bits per heavy atom. The molecule has 0 N–H and O–H groups in total. The van der Waals surface area contributed by atoms with Crippen molar-refractivity contribution in [3.05, 3.63) is 29.3 Å². The van der Waals surface area contributed by atoms with Gasteiger partial charge in [-0.05, 0) is 69.3 Å². The van der Waals surface area contributed by atoms with Crippen molar-refractivity contribution in [2.75, 3.05) is 44.2 Å². The minimum absolute atomic E-state index is 0.0891. The minimum Gasteiger partial charge on any atom is -0.449 e. The quantitative estimate of drug-likeness (QED) is 0.632. The van der Waals surface area contributed by atoms with Crippen LogP contribution in [0.2, 0.25) is 0 Å². The summed E-state index contributed by atoms with van der Waals surface area (Å²) >= 11 is 0. The second kappa shape index (κ2) is 9.82. The summed E-state index contributed by atoms with van der Waals surface area (Å²) < 4.78 is 5.44.